The molecule has 0 atom stereocenters. The van der Waals surface area contributed by atoms with Gasteiger partial charge < -0.3 is 10.6 Å². The summed E-state index contributed by atoms with van der Waals surface area (Å²) >= 11 is 0. The van der Waals surface area contributed by atoms with Crippen molar-refractivity contribution in [1.29, 1.82) is 0 Å². The van der Waals surface area contributed by atoms with Gasteiger partial charge >= 0.3 is 0 Å². The zero-order valence-electron chi connectivity index (χ0n) is 16.8. The first-order valence-electron chi connectivity index (χ1n) is 9.65. The number of carbonyl (C=O) groups excluding carboxylic acids is 2. The second kappa shape index (κ2) is 8.17. The number of fused-ring (bicyclic) bond motifs is 1. The molecule has 2 N–H and O–H groups in total. The van der Waals surface area contributed by atoms with E-state index in [1.165, 1.54) is 0 Å². The van der Waals surface area contributed by atoms with Crippen molar-refractivity contribution in [3.05, 3.63) is 101 Å². The summed E-state index contributed by atoms with van der Waals surface area (Å²) in [5.41, 5.74) is 4.94. The summed E-state index contributed by atoms with van der Waals surface area (Å²) in [6.07, 6.45) is 0. The van der Waals surface area contributed by atoms with Gasteiger partial charge in [-0.15, -0.1) is 0 Å². The molecule has 1 heterocycles. The summed E-state index contributed by atoms with van der Waals surface area (Å²) < 4.78 is 0. The third kappa shape index (κ3) is 4.20. The Balaban J connectivity index is 1.53. The maximum absolute atomic E-state index is 12.9. The van der Waals surface area contributed by atoms with Crippen LogP contribution in [0, 0.1) is 13.8 Å². The summed E-state index contributed by atoms with van der Waals surface area (Å²) in [4.78, 5) is 29.8. The lowest BCUT2D eigenvalue weighted by atomic mass is 10.1. The molecule has 0 radical (unpaired) electrons. The molecule has 5 nitrogen and oxygen atoms in total. The highest BCUT2D eigenvalue weighted by molar-refractivity contribution is 6.08. The van der Waals surface area contributed by atoms with Crippen LogP contribution in [0.3, 0.4) is 0 Å². The highest BCUT2D eigenvalue weighted by Crippen LogP contribution is 2.21. The van der Waals surface area contributed by atoms with E-state index in [0.717, 1.165) is 16.5 Å². The van der Waals surface area contributed by atoms with Gasteiger partial charge in [-0.1, -0.05) is 36.4 Å². The highest BCUT2D eigenvalue weighted by Gasteiger charge is 2.13. The Labute approximate surface area is 174 Å². The molecule has 5 heteroatoms. The minimum Gasteiger partial charge on any atom is -0.322 e. The number of aryl methyl sites for hydroxylation is 2. The van der Waals surface area contributed by atoms with E-state index in [1.807, 2.05) is 56.3 Å². The van der Waals surface area contributed by atoms with Gasteiger partial charge in [0.05, 0.1) is 16.8 Å². The fourth-order valence-electron chi connectivity index (χ4n) is 3.27. The molecule has 148 valence electrons. The Bertz CT molecular complexity index is 1250. The van der Waals surface area contributed by atoms with Crippen molar-refractivity contribution in [3.63, 3.8) is 0 Å². The van der Waals surface area contributed by atoms with Gasteiger partial charge in [0.1, 0.15) is 0 Å². The average Bonchev–Trinajstić information content (AvgIpc) is 2.74. The molecule has 4 aromatic rings. The lowest BCUT2D eigenvalue weighted by molar-refractivity contribution is 0.101. The van der Waals surface area contributed by atoms with Crippen molar-refractivity contribution in [2.24, 2.45) is 0 Å². The molecule has 1 aromatic heterocycles. The number of pyridine rings is 1. The van der Waals surface area contributed by atoms with Crippen LogP contribution < -0.4 is 10.6 Å². The topological polar surface area (TPSA) is 71.1 Å². The predicted octanol–water partition coefficient (Wildman–Crippen LogP) is 5.36. The van der Waals surface area contributed by atoms with Gasteiger partial charge in [-0.3, -0.25) is 14.6 Å². The quantitative estimate of drug-likeness (QED) is 0.489. The van der Waals surface area contributed by atoms with E-state index in [2.05, 4.69) is 15.6 Å². The van der Waals surface area contributed by atoms with E-state index in [4.69, 9.17) is 0 Å². The lowest BCUT2D eigenvalue weighted by Crippen LogP contribution is -2.15. The van der Waals surface area contributed by atoms with Crippen LogP contribution in [0.5, 0.6) is 0 Å². The number of aromatic nitrogens is 1. The minimum absolute atomic E-state index is 0.205. The van der Waals surface area contributed by atoms with Crippen LogP contribution in [0.15, 0.2) is 78.9 Å². The SMILES string of the molecule is Cc1ccc2cc(C(=O)Nc3cccc(NC(=O)c4ccccc4)c3)c(C)nc2c1. The summed E-state index contributed by atoms with van der Waals surface area (Å²) in [6.45, 7) is 3.84. The molecule has 4 rings (SSSR count). The van der Waals surface area contributed by atoms with Crippen LogP contribution in [0.4, 0.5) is 11.4 Å². The molecule has 0 unspecified atom stereocenters. The van der Waals surface area contributed by atoms with Gasteiger partial charge in [-0.2, -0.15) is 0 Å². The van der Waals surface area contributed by atoms with Crippen LogP contribution in [0.1, 0.15) is 32.0 Å². The number of nitrogens with zero attached hydrogens (tertiary/aromatic N) is 1. The van der Waals surface area contributed by atoms with E-state index >= 15 is 0 Å². The molecule has 0 saturated carbocycles. The molecule has 30 heavy (non-hydrogen) atoms. The number of benzene rings is 3. The Morgan fingerprint density at radius 2 is 1.43 bits per heavy atom. The largest absolute Gasteiger partial charge is 0.322 e. The van der Waals surface area contributed by atoms with Gasteiger partial charge in [0, 0.05) is 22.3 Å². The zero-order chi connectivity index (χ0) is 21.1. The van der Waals surface area contributed by atoms with Crippen molar-refractivity contribution in [3.8, 4) is 0 Å². The third-order valence-electron chi connectivity index (χ3n) is 4.82. The lowest BCUT2D eigenvalue weighted by Gasteiger charge is -2.11. The van der Waals surface area contributed by atoms with Gasteiger partial charge in [0.25, 0.3) is 11.8 Å². The van der Waals surface area contributed by atoms with Crippen molar-refractivity contribution in [1.82, 2.24) is 4.98 Å². The molecule has 0 bridgehead atoms. The Hall–Kier alpha value is -3.99. The monoisotopic (exact) mass is 395 g/mol. The number of amides is 2. The normalized spacial score (nSPS) is 10.6. The van der Waals surface area contributed by atoms with Crippen LogP contribution in [-0.4, -0.2) is 16.8 Å². The number of hydrogen-bond acceptors (Lipinski definition) is 3. The molecule has 0 aliphatic carbocycles. The van der Waals surface area contributed by atoms with Crippen molar-refractivity contribution < 1.29 is 9.59 Å². The third-order valence-corrected chi connectivity index (χ3v) is 4.82. The molecule has 0 saturated heterocycles. The molecule has 3 aromatic carbocycles. The molecule has 2 amide bonds. The van der Waals surface area contributed by atoms with Crippen LogP contribution in [-0.2, 0) is 0 Å². The number of anilines is 2. The number of nitrogens with one attached hydrogen (secondary N) is 2. The molecular weight excluding hydrogens is 374 g/mol. The van der Waals surface area contributed by atoms with Crippen molar-refractivity contribution in [2.45, 2.75) is 13.8 Å². The Kier molecular flexibility index (Phi) is 5.26. The van der Waals surface area contributed by atoms with E-state index in [9.17, 15) is 9.59 Å². The molecular formula is C25H21N3O2. The number of hydrogen-bond donors (Lipinski definition) is 2. The predicted molar refractivity (Wildman–Crippen MR) is 120 cm³/mol. The highest BCUT2D eigenvalue weighted by atomic mass is 16.2. The molecule has 0 fully saturated rings. The van der Waals surface area contributed by atoms with Gasteiger partial charge in [0.15, 0.2) is 0 Å². The van der Waals surface area contributed by atoms with Crippen LogP contribution in [0.2, 0.25) is 0 Å². The summed E-state index contributed by atoms with van der Waals surface area (Å²) in [5.74, 6) is -0.446. The van der Waals surface area contributed by atoms with E-state index in [-0.39, 0.29) is 11.8 Å². The fraction of sp³-hybridized carbons (Fsp3) is 0.0800. The van der Waals surface area contributed by atoms with E-state index < -0.39 is 0 Å². The maximum Gasteiger partial charge on any atom is 0.257 e. The molecule has 0 aliphatic heterocycles. The van der Waals surface area contributed by atoms with E-state index in [0.29, 0.717) is 28.2 Å². The second-order valence-electron chi connectivity index (χ2n) is 7.17. The first-order chi connectivity index (χ1) is 14.5. The zero-order valence-corrected chi connectivity index (χ0v) is 16.8. The maximum atomic E-state index is 12.9. The average molecular weight is 395 g/mol. The Morgan fingerprint density at radius 3 is 2.17 bits per heavy atom. The molecule has 0 aliphatic rings. The second-order valence-corrected chi connectivity index (χ2v) is 7.17. The van der Waals surface area contributed by atoms with Crippen molar-refractivity contribution in [2.75, 3.05) is 10.6 Å². The van der Waals surface area contributed by atoms with Crippen LogP contribution in [0.25, 0.3) is 10.9 Å². The summed E-state index contributed by atoms with van der Waals surface area (Å²) in [5, 5.41) is 6.67. The Morgan fingerprint density at radius 1 is 0.733 bits per heavy atom. The fourth-order valence-corrected chi connectivity index (χ4v) is 3.27. The summed E-state index contributed by atoms with van der Waals surface area (Å²) in [7, 11) is 0. The van der Waals surface area contributed by atoms with Gasteiger partial charge in [0.2, 0.25) is 0 Å². The molecule has 0 spiro atoms. The van der Waals surface area contributed by atoms with Crippen LogP contribution >= 0.6 is 0 Å². The first kappa shape index (κ1) is 19.3. The first-order valence-corrected chi connectivity index (χ1v) is 9.65. The minimum atomic E-state index is -0.242. The van der Waals surface area contributed by atoms with Crippen molar-refractivity contribution >= 4 is 34.1 Å². The number of carbonyl (C=O) groups is 2. The standard InChI is InChI=1S/C25H21N3O2/c1-16-11-12-19-14-22(17(2)26-23(19)13-16)25(30)28-21-10-6-9-20(15-21)27-24(29)18-7-4-3-5-8-18/h3-15H,1-2H3,(H,27,29)(H,28,30). The summed E-state index contributed by atoms with van der Waals surface area (Å²) in [6, 6.07) is 23.9. The number of rotatable bonds is 4. The smallest absolute Gasteiger partial charge is 0.257 e. The van der Waals surface area contributed by atoms with Gasteiger partial charge in [-0.05, 0) is 61.9 Å². The van der Waals surface area contributed by atoms with E-state index in [1.54, 1.807) is 36.4 Å². The van der Waals surface area contributed by atoms with Gasteiger partial charge in [-0.25, -0.2) is 0 Å².